The van der Waals surface area contributed by atoms with Crippen molar-refractivity contribution in [1.82, 2.24) is 4.98 Å². The number of para-hydroxylation sites is 1. The molecule has 4 rings (SSSR count). The van der Waals surface area contributed by atoms with Crippen LogP contribution in [0, 0.1) is 11.3 Å². The highest BCUT2D eigenvalue weighted by Crippen LogP contribution is 2.34. The average Bonchev–Trinajstić information content (AvgIpc) is 3.23. The van der Waals surface area contributed by atoms with E-state index in [1.165, 1.54) is 16.9 Å². The maximum absolute atomic E-state index is 13.5. The molecular weight excluding hydrogens is 406 g/mol. The first-order chi connectivity index (χ1) is 15.1. The number of nitrogens with zero attached hydrogens (tertiary/aromatic N) is 3. The van der Waals surface area contributed by atoms with Crippen molar-refractivity contribution in [2.45, 2.75) is 26.4 Å². The van der Waals surface area contributed by atoms with E-state index in [0.29, 0.717) is 16.4 Å². The Morgan fingerprint density at radius 2 is 1.81 bits per heavy atom. The van der Waals surface area contributed by atoms with Gasteiger partial charge in [0.2, 0.25) is 0 Å². The van der Waals surface area contributed by atoms with Crippen LogP contribution in [0.25, 0.3) is 10.2 Å². The third-order valence-corrected chi connectivity index (χ3v) is 5.96. The molecule has 0 N–H and O–H groups in total. The summed E-state index contributed by atoms with van der Waals surface area (Å²) in [6.07, 6.45) is 0.180. The van der Waals surface area contributed by atoms with Gasteiger partial charge in [-0.1, -0.05) is 42.5 Å². The fourth-order valence-corrected chi connectivity index (χ4v) is 4.20. The predicted molar refractivity (Wildman–Crippen MR) is 124 cm³/mol. The SMILES string of the molecule is CCc1ccc(N(C(=O)C(C)Oc2ccc(C#N)cc2)c2nc3ccccc3s2)cc1. The summed E-state index contributed by atoms with van der Waals surface area (Å²) in [5.41, 5.74) is 3.34. The maximum Gasteiger partial charge on any atom is 0.274 e. The van der Waals surface area contributed by atoms with E-state index in [9.17, 15) is 4.79 Å². The quantitative estimate of drug-likeness (QED) is 0.386. The van der Waals surface area contributed by atoms with E-state index in [2.05, 4.69) is 13.0 Å². The Kier molecular flexibility index (Phi) is 5.96. The number of nitriles is 1. The molecule has 0 radical (unpaired) electrons. The Labute approximate surface area is 185 Å². The fraction of sp³-hybridized carbons (Fsp3) is 0.160. The number of benzene rings is 3. The van der Waals surface area contributed by atoms with E-state index in [4.69, 9.17) is 15.0 Å². The van der Waals surface area contributed by atoms with Crippen LogP contribution in [-0.4, -0.2) is 17.0 Å². The Balaban J connectivity index is 1.68. The zero-order valence-electron chi connectivity index (χ0n) is 17.3. The van der Waals surface area contributed by atoms with Crippen LogP contribution >= 0.6 is 11.3 Å². The molecule has 154 valence electrons. The number of aryl methyl sites for hydroxylation is 1. The number of carbonyl (C=O) groups is 1. The number of amides is 1. The van der Waals surface area contributed by atoms with Gasteiger partial charge in [0, 0.05) is 0 Å². The van der Waals surface area contributed by atoms with Crippen LogP contribution in [-0.2, 0) is 11.2 Å². The molecule has 1 unspecified atom stereocenters. The van der Waals surface area contributed by atoms with Gasteiger partial charge in [-0.2, -0.15) is 5.26 Å². The summed E-state index contributed by atoms with van der Waals surface area (Å²) in [6.45, 7) is 3.82. The van der Waals surface area contributed by atoms with Crippen molar-refractivity contribution in [2.24, 2.45) is 0 Å². The smallest absolute Gasteiger partial charge is 0.274 e. The molecule has 0 aliphatic carbocycles. The summed E-state index contributed by atoms with van der Waals surface area (Å²) in [5.74, 6) is 0.318. The van der Waals surface area contributed by atoms with E-state index in [1.54, 1.807) is 36.1 Å². The lowest BCUT2D eigenvalue weighted by atomic mass is 10.1. The zero-order valence-corrected chi connectivity index (χ0v) is 18.1. The third-order valence-electron chi connectivity index (χ3n) is 4.94. The molecule has 0 bridgehead atoms. The molecule has 0 saturated carbocycles. The first-order valence-electron chi connectivity index (χ1n) is 10.0. The van der Waals surface area contributed by atoms with E-state index >= 15 is 0 Å². The number of aromatic nitrogens is 1. The number of fused-ring (bicyclic) bond motifs is 1. The molecule has 0 fully saturated rings. The number of anilines is 2. The van der Waals surface area contributed by atoms with Gasteiger partial charge in [0.1, 0.15) is 5.75 Å². The number of hydrogen-bond acceptors (Lipinski definition) is 5. The van der Waals surface area contributed by atoms with Crippen LogP contribution in [0.3, 0.4) is 0 Å². The van der Waals surface area contributed by atoms with Crippen molar-refractivity contribution in [2.75, 3.05) is 4.90 Å². The molecule has 0 saturated heterocycles. The predicted octanol–water partition coefficient (Wildman–Crippen LogP) is 5.86. The van der Waals surface area contributed by atoms with E-state index in [0.717, 1.165) is 22.3 Å². The first kappa shape index (κ1) is 20.6. The van der Waals surface area contributed by atoms with Crippen LogP contribution in [0.1, 0.15) is 25.0 Å². The molecule has 0 aliphatic rings. The second-order valence-electron chi connectivity index (χ2n) is 7.05. The minimum Gasteiger partial charge on any atom is -0.481 e. The second kappa shape index (κ2) is 8.99. The topological polar surface area (TPSA) is 66.2 Å². The van der Waals surface area contributed by atoms with Crippen molar-refractivity contribution in [3.05, 3.63) is 83.9 Å². The van der Waals surface area contributed by atoms with Crippen LogP contribution in [0.15, 0.2) is 72.8 Å². The minimum absolute atomic E-state index is 0.215. The van der Waals surface area contributed by atoms with Gasteiger partial charge in [0.25, 0.3) is 5.91 Å². The minimum atomic E-state index is -0.745. The summed E-state index contributed by atoms with van der Waals surface area (Å²) in [5, 5.41) is 9.57. The lowest BCUT2D eigenvalue weighted by molar-refractivity contribution is -0.123. The third kappa shape index (κ3) is 4.42. The standard InChI is InChI=1S/C25H21N3O2S/c1-3-18-8-12-20(13-9-18)28(25-27-22-6-4-5-7-23(22)31-25)24(29)17(2)30-21-14-10-19(16-26)11-15-21/h4-15,17H,3H2,1-2H3. The highest BCUT2D eigenvalue weighted by Gasteiger charge is 2.27. The van der Waals surface area contributed by atoms with E-state index < -0.39 is 6.10 Å². The lowest BCUT2D eigenvalue weighted by Crippen LogP contribution is -2.37. The molecule has 0 spiro atoms. The molecular formula is C25H21N3O2S. The maximum atomic E-state index is 13.5. The van der Waals surface area contributed by atoms with Gasteiger partial charge < -0.3 is 4.74 Å². The van der Waals surface area contributed by atoms with Gasteiger partial charge in [-0.25, -0.2) is 4.98 Å². The zero-order chi connectivity index (χ0) is 21.8. The monoisotopic (exact) mass is 427 g/mol. The number of ether oxygens (including phenoxy) is 1. The molecule has 4 aromatic rings. The van der Waals surface area contributed by atoms with Crippen LogP contribution in [0.2, 0.25) is 0 Å². The summed E-state index contributed by atoms with van der Waals surface area (Å²) in [7, 11) is 0. The van der Waals surface area contributed by atoms with Crippen molar-refractivity contribution < 1.29 is 9.53 Å². The Morgan fingerprint density at radius 3 is 2.45 bits per heavy atom. The van der Waals surface area contributed by atoms with Gasteiger partial charge in [0.05, 0.1) is 27.5 Å². The Morgan fingerprint density at radius 1 is 1.10 bits per heavy atom. The van der Waals surface area contributed by atoms with Crippen molar-refractivity contribution in [3.8, 4) is 11.8 Å². The van der Waals surface area contributed by atoms with E-state index in [-0.39, 0.29) is 5.91 Å². The van der Waals surface area contributed by atoms with Gasteiger partial charge >= 0.3 is 0 Å². The van der Waals surface area contributed by atoms with Crippen molar-refractivity contribution in [1.29, 1.82) is 5.26 Å². The second-order valence-corrected chi connectivity index (χ2v) is 8.06. The molecule has 3 aromatic carbocycles. The molecule has 1 aromatic heterocycles. The van der Waals surface area contributed by atoms with Gasteiger partial charge in [-0.15, -0.1) is 0 Å². The van der Waals surface area contributed by atoms with Crippen molar-refractivity contribution in [3.63, 3.8) is 0 Å². The largest absolute Gasteiger partial charge is 0.481 e. The molecule has 1 atom stereocenters. The van der Waals surface area contributed by atoms with Crippen LogP contribution < -0.4 is 9.64 Å². The van der Waals surface area contributed by atoms with Gasteiger partial charge in [-0.05, 0) is 67.4 Å². The summed E-state index contributed by atoms with van der Waals surface area (Å²) < 4.78 is 6.91. The summed E-state index contributed by atoms with van der Waals surface area (Å²) in [4.78, 5) is 19.8. The first-order valence-corrected chi connectivity index (χ1v) is 10.9. The molecule has 31 heavy (non-hydrogen) atoms. The number of carbonyl (C=O) groups excluding carboxylic acids is 1. The highest BCUT2D eigenvalue weighted by molar-refractivity contribution is 7.22. The summed E-state index contributed by atoms with van der Waals surface area (Å²) >= 11 is 1.47. The Hall–Kier alpha value is -3.69. The molecule has 5 nitrogen and oxygen atoms in total. The fourth-order valence-electron chi connectivity index (χ4n) is 3.21. The molecule has 0 aliphatic heterocycles. The van der Waals surface area contributed by atoms with E-state index in [1.807, 2.05) is 48.5 Å². The Bertz CT molecular complexity index is 1210. The number of rotatable bonds is 6. The van der Waals surface area contributed by atoms with Crippen LogP contribution in [0.5, 0.6) is 5.75 Å². The number of hydrogen-bond donors (Lipinski definition) is 0. The summed E-state index contributed by atoms with van der Waals surface area (Å²) in [6, 6.07) is 24.6. The van der Waals surface area contributed by atoms with Crippen LogP contribution in [0.4, 0.5) is 10.8 Å². The molecule has 1 heterocycles. The molecule has 6 heteroatoms. The normalized spacial score (nSPS) is 11.6. The highest BCUT2D eigenvalue weighted by atomic mass is 32.1. The van der Waals surface area contributed by atoms with Gasteiger partial charge in [0.15, 0.2) is 11.2 Å². The average molecular weight is 428 g/mol. The van der Waals surface area contributed by atoms with Crippen molar-refractivity contribution >= 4 is 38.3 Å². The lowest BCUT2D eigenvalue weighted by Gasteiger charge is -2.24. The number of thiazole rings is 1. The van der Waals surface area contributed by atoms with Gasteiger partial charge in [-0.3, -0.25) is 9.69 Å². The molecule has 1 amide bonds.